The first-order valence-electron chi connectivity index (χ1n) is 8.04. The molecular weight excluding hydrogens is 555 g/mol. The first-order chi connectivity index (χ1) is 14.6. The number of aromatic nitrogens is 4. The van der Waals surface area contributed by atoms with Gasteiger partial charge in [0.2, 0.25) is 0 Å². The molecule has 180 valence electrons. The van der Waals surface area contributed by atoms with E-state index in [0.29, 0.717) is 0 Å². The van der Waals surface area contributed by atoms with E-state index in [0.717, 1.165) is 10.9 Å². The Kier molecular flexibility index (Phi) is 11.3. The van der Waals surface area contributed by atoms with Crippen LogP contribution in [0.5, 0.6) is 0 Å². The van der Waals surface area contributed by atoms with Crippen molar-refractivity contribution in [2.75, 3.05) is 6.61 Å². The largest absolute Gasteiger partial charge is 1.00 e. The summed E-state index contributed by atoms with van der Waals surface area (Å²) < 4.78 is 50.6. The Bertz CT molecular complexity index is 1270. The van der Waals surface area contributed by atoms with Crippen LogP contribution in [0, 0.1) is 0 Å². The number of hydrogen-bond acceptors (Lipinski definition) is 14. The van der Waals surface area contributed by atoms with Gasteiger partial charge in [0.05, 0.1) is 12.9 Å². The summed E-state index contributed by atoms with van der Waals surface area (Å²) >= 11 is 0. The third-order valence-electron chi connectivity index (χ3n) is 3.89. The zero-order chi connectivity index (χ0) is 24.1. The molecule has 24 heteroatoms. The van der Waals surface area contributed by atoms with Gasteiger partial charge in [-0.2, -0.15) is 0 Å². The average molecular weight is 568 g/mol. The molecule has 2 aromatic rings. The van der Waals surface area contributed by atoms with Gasteiger partial charge in [0.15, 0.2) is 11.7 Å². The number of ether oxygens (including phenoxy) is 1. The number of nitrogens with one attached hydrogen (secondary N) is 2. The SMILES string of the molecule is O=c1[nH]c(=O)c2ncn([C@@H]3O[C@H](COP(=O)(O)OP(=O)([O-])OP(=O)([O-])O)[C@@H](O)[C@H]3O)c2[nH]1.[Na+].[Na+]. The number of aliphatic hydroxyl groups is 2. The molecule has 1 aliphatic heterocycles. The minimum absolute atomic E-state index is 0. The molecule has 2 aromatic heterocycles. The molecule has 0 spiro atoms. The van der Waals surface area contributed by atoms with Crippen molar-refractivity contribution >= 4 is 34.6 Å². The van der Waals surface area contributed by atoms with Gasteiger partial charge in [0, 0.05) is 0 Å². The van der Waals surface area contributed by atoms with E-state index in [2.05, 4.69) is 23.1 Å². The maximum absolute atomic E-state index is 11.7. The first-order valence-corrected chi connectivity index (χ1v) is 12.5. The Morgan fingerprint density at radius 3 is 2.29 bits per heavy atom. The number of imidazole rings is 1. The van der Waals surface area contributed by atoms with E-state index in [1.165, 1.54) is 0 Å². The predicted molar refractivity (Wildman–Crippen MR) is 92.3 cm³/mol. The van der Waals surface area contributed by atoms with E-state index in [-0.39, 0.29) is 70.3 Å². The topological polar surface area (TPSA) is 299 Å². The smallest absolute Gasteiger partial charge is 0.756 e. The maximum Gasteiger partial charge on any atom is 1.00 e. The molecule has 1 fully saturated rings. The first kappa shape index (κ1) is 32.5. The monoisotopic (exact) mass is 568 g/mol. The number of phosphoric ester groups is 1. The van der Waals surface area contributed by atoms with Crippen molar-refractivity contribution in [3.8, 4) is 0 Å². The van der Waals surface area contributed by atoms with Crippen molar-refractivity contribution in [3.63, 3.8) is 0 Å². The van der Waals surface area contributed by atoms with Crippen LogP contribution in [0.3, 0.4) is 0 Å². The fourth-order valence-corrected chi connectivity index (χ4v) is 5.63. The number of hydrogen-bond donors (Lipinski definition) is 6. The van der Waals surface area contributed by atoms with Crippen LogP contribution in [0.1, 0.15) is 6.23 Å². The van der Waals surface area contributed by atoms with E-state index in [4.69, 9.17) is 9.63 Å². The van der Waals surface area contributed by atoms with Gasteiger partial charge in [-0.15, -0.1) is 0 Å². The van der Waals surface area contributed by atoms with Gasteiger partial charge < -0.3 is 34.5 Å². The Morgan fingerprint density at radius 2 is 1.71 bits per heavy atom. The minimum atomic E-state index is -6.06. The molecule has 6 N–H and O–H groups in total. The van der Waals surface area contributed by atoms with Gasteiger partial charge in [-0.25, -0.2) is 23.0 Å². The van der Waals surface area contributed by atoms with E-state index in [1.54, 1.807) is 0 Å². The number of phosphoric acid groups is 3. The van der Waals surface area contributed by atoms with Crippen molar-refractivity contribution < 1.29 is 120 Å². The molecule has 1 saturated heterocycles. The Hall–Kier alpha value is 0.440. The van der Waals surface area contributed by atoms with Gasteiger partial charge in [-0.3, -0.25) is 33.0 Å². The number of rotatable bonds is 8. The second-order valence-corrected chi connectivity index (χ2v) is 10.5. The fourth-order valence-electron chi connectivity index (χ4n) is 2.70. The Balaban J connectivity index is 0.00000289. The number of fused-ring (bicyclic) bond motifs is 1. The van der Waals surface area contributed by atoms with Crippen LogP contribution >= 0.6 is 23.5 Å². The van der Waals surface area contributed by atoms with Gasteiger partial charge in [-0.1, -0.05) is 0 Å². The van der Waals surface area contributed by atoms with Crippen molar-refractivity contribution in [2.24, 2.45) is 0 Å². The molecular formula is C10H13N4Na2O15P3. The quantitative estimate of drug-likeness (QED) is 0.127. The predicted octanol–water partition coefficient (Wildman–Crippen LogP) is -9.88. The van der Waals surface area contributed by atoms with Crippen molar-refractivity contribution in [1.82, 2.24) is 19.5 Å². The van der Waals surface area contributed by atoms with Crippen LogP contribution in [-0.4, -0.2) is 64.4 Å². The van der Waals surface area contributed by atoms with E-state index >= 15 is 0 Å². The van der Waals surface area contributed by atoms with Gasteiger partial charge in [-0.05, 0) is 0 Å². The van der Waals surface area contributed by atoms with Gasteiger partial charge >= 0.3 is 72.6 Å². The Labute approximate surface area is 231 Å². The number of aliphatic hydroxyl groups excluding tert-OH is 2. The zero-order valence-electron chi connectivity index (χ0n) is 17.1. The van der Waals surface area contributed by atoms with Gasteiger partial charge in [0.25, 0.3) is 21.2 Å². The molecule has 3 heterocycles. The molecule has 7 atom stereocenters. The summed E-state index contributed by atoms with van der Waals surface area (Å²) in [4.78, 5) is 70.5. The average Bonchev–Trinajstić information content (AvgIpc) is 3.12. The summed E-state index contributed by atoms with van der Waals surface area (Å²) in [5.41, 5.74) is -2.20. The summed E-state index contributed by atoms with van der Waals surface area (Å²) in [6.45, 7) is -1.08. The summed E-state index contributed by atoms with van der Waals surface area (Å²) in [6, 6.07) is 0. The summed E-state index contributed by atoms with van der Waals surface area (Å²) in [5.74, 6) is 0. The molecule has 3 unspecified atom stereocenters. The number of H-pyrrole nitrogens is 2. The molecule has 0 aliphatic carbocycles. The third-order valence-corrected chi connectivity index (χ3v) is 7.61. The minimum Gasteiger partial charge on any atom is -0.756 e. The second-order valence-electron chi connectivity index (χ2n) is 6.15. The number of aromatic amines is 2. The molecule has 0 bridgehead atoms. The molecule has 0 aromatic carbocycles. The van der Waals surface area contributed by atoms with Gasteiger partial charge in [0.1, 0.15) is 24.0 Å². The molecule has 34 heavy (non-hydrogen) atoms. The third kappa shape index (κ3) is 7.97. The van der Waals surface area contributed by atoms with Crippen molar-refractivity contribution in [2.45, 2.75) is 24.5 Å². The van der Waals surface area contributed by atoms with E-state index in [1.807, 2.05) is 4.98 Å². The van der Waals surface area contributed by atoms with Crippen LogP contribution in [0.25, 0.3) is 11.2 Å². The second kappa shape index (κ2) is 11.9. The standard InChI is InChI=1S/C10H15N4O15P3.2Na/c15-5-3(1-26-31(22,23)29-32(24,25)28-30(19,20)21)27-9(6(5)16)14-2-11-4-7(14)12-10(18)13-8(4)17;;/h2-3,5-6,9,15-16H,1H2,(H,22,23)(H,24,25)(H2,19,20,21)(H2,12,13,17,18);;/q;2*+1/p-2/t3-,5-,6-,9-;;/m1../s1. The fraction of sp³-hybridized carbons (Fsp3) is 0.500. The van der Waals surface area contributed by atoms with E-state index in [9.17, 15) is 48.2 Å². The summed E-state index contributed by atoms with van der Waals surface area (Å²) in [7, 11) is -17.5. The van der Waals surface area contributed by atoms with Crippen LogP contribution < -0.4 is 80.2 Å². The van der Waals surface area contributed by atoms with Crippen LogP contribution in [0.15, 0.2) is 15.9 Å². The molecule has 0 saturated carbocycles. The van der Waals surface area contributed by atoms with Crippen LogP contribution in [0.2, 0.25) is 0 Å². The van der Waals surface area contributed by atoms with Crippen molar-refractivity contribution in [1.29, 1.82) is 0 Å². The van der Waals surface area contributed by atoms with Crippen LogP contribution in [-0.2, 0) is 31.6 Å². The number of nitrogens with zero attached hydrogens (tertiary/aromatic N) is 2. The molecule has 19 nitrogen and oxygen atoms in total. The summed E-state index contributed by atoms with van der Waals surface area (Å²) in [5, 5.41) is 20.3. The maximum atomic E-state index is 11.7. The van der Waals surface area contributed by atoms with Crippen molar-refractivity contribution in [3.05, 3.63) is 27.2 Å². The normalized spacial score (nSPS) is 27.7. The molecule has 1 aliphatic rings. The van der Waals surface area contributed by atoms with E-state index < -0.39 is 65.9 Å². The molecule has 3 rings (SSSR count). The van der Waals surface area contributed by atoms with Crippen LogP contribution in [0.4, 0.5) is 0 Å². The zero-order valence-corrected chi connectivity index (χ0v) is 23.8. The molecule has 0 radical (unpaired) electrons. The Morgan fingerprint density at radius 1 is 1.09 bits per heavy atom. The molecule has 0 amide bonds. The summed E-state index contributed by atoms with van der Waals surface area (Å²) in [6.07, 6.45) is -5.66.